The van der Waals surface area contributed by atoms with Gasteiger partial charge < -0.3 is 9.64 Å². The van der Waals surface area contributed by atoms with Crippen LogP contribution in [0.3, 0.4) is 0 Å². The lowest BCUT2D eigenvalue weighted by Gasteiger charge is -2.53. The third-order valence-corrected chi connectivity index (χ3v) is 7.07. The molecule has 1 fully saturated rings. The quantitative estimate of drug-likeness (QED) is 0.451. The van der Waals surface area contributed by atoms with Crippen LogP contribution in [0, 0.1) is 10.1 Å². The molecule has 0 N–H and O–H groups in total. The minimum Gasteiger partial charge on any atom is -0.461 e. The van der Waals surface area contributed by atoms with E-state index in [4.69, 9.17) is 4.74 Å². The topological polar surface area (TPSA) is 55.6 Å². The highest BCUT2D eigenvalue weighted by Crippen LogP contribution is 2.62. The number of halogens is 1. The predicted octanol–water partition coefficient (Wildman–Crippen LogP) is 5.42. The molecule has 2 aliphatic heterocycles. The number of nitro benzene ring substituents is 1. The van der Waals surface area contributed by atoms with Crippen LogP contribution in [-0.4, -0.2) is 17.7 Å². The van der Waals surface area contributed by atoms with Gasteiger partial charge in [-0.2, -0.15) is 0 Å². The van der Waals surface area contributed by atoms with Gasteiger partial charge >= 0.3 is 0 Å². The fourth-order valence-corrected chi connectivity index (χ4v) is 5.85. The molecule has 5 nitrogen and oxygen atoms in total. The van der Waals surface area contributed by atoms with E-state index in [2.05, 4.69) is 65.1 Å². The van der Waals surface area contributed by atoms with Gasteiger partial charge in [-0.1, -0.05) is 18.2 Å². The number of fused-ring (bicyclic) bond motifs is 3. The molecule has 0 saturated heterocycles. The third-order valence-electron chi connectivity index (χ3n) is 6.49. The van der Waals surface area contributed by atoms with Crippen LogP contribution < -0.4 is 9.64 Å². The van der Waals surface area contributed by atoms with Crippen LogP contribution in [0.15, 0.2) is 46.4 Å². The van der Waals surface area contributed by atoms with Crippen LogP contribution in [0.1, 0.15) is 37.3 Å². The van der Waals surface area contributed by atoms with Gasteiger partial charge in [0.1, 0.15) is 5.75 Å². The number of non-ortho nitro benzene ring substituents is 1. The van der Waals surface area contributed by atoms with Crippen LogP contribution in [-0.2, 0) is 5.41 Å². The number of rotatable bonds is 1. The first-order valence-corrected chi connectivity index (χ1v) is 9.89. The monoisotopic (exact) mass is 426 g/mol. The molecule has 1 aliphatic carbocycles. The zero-order valence-electron chi connectivity index (χ0n) is 15.2. The molecule has 0 radical (unpaired) electrons. The molecule has 0 aromatic heterocycles. The molecule has 2 aromatic rings. The number of ether oxygens (including phenoxy) is 1. The Labute approximate surface area is 165 Å². The van der Waals surface area contributed by atoms with Gasteiger partial charge in [0.25, 0.3) is 5.69 Å². The minimum absolute atomic E-state index is 0.0682. The summed E-state index contributed by atoms with van der Waals surface area (Å²) in [7, 11) is 2.09. The zero-order chi connectivity index (χ0) is 19.0. The standard InChI is InChI=1S/C21H19BrN2O3/c1-20-9-5-6-14-10-13-11-15(24(25)26)12-17(22)19(13)27-21(14,20)23(2)18-8-4-3-7-16(18)20/h3-4,7-8,10-12H,5-6,9H2,1-2H3/t20-,21+/m0/s1. The van der Waals surface area contributed by atoms with E-state index in [1.807, 2.05) is 0 Å². The van der Waals surface area contributed by atoms with Crippen LogP contribution in [0.5, 0.6) is 5.75 Å². The van der Waals surface area contributed by atoms with Crippen molar-refractivity contribution in [1.82, 2.24) is 0 Å². The van der Waals surface area contributed by atoms with E-state index in [9.17, 15) is 10.1 Å². The van der Waals surface area contributed by atoms with E-state index >= 15 is 0 Å². The van der Waals surface area contributed by atoms with Crippen molar-refractivity contribution in [3.8, 4) is 5.75 Å². The molecular weight excluding hydrogens is 408 g/mol. The Morgan fingerprint density at radius 2 is 2.07 bits per heavy atom. The van der Waals surface area contributed by atoms with E-state index < -0.39 is 5.72 Å². The number of hydrogen-bond acceptors (Lipinski definition) is 4. The fourth-order valence-electron chi connectivity index (χ4n) is 5.30. The van der Waals surface area contributed by atoms with Crippen molar-refractivity contribution in [3.05, 3.63) is 67.7 Å². The van der Waals surface area contributed by atoms with Crippen LogP contribution in [0.2, 0.25) is 0 Å². The summed E-state index contributed by atoms with van der Waals surface area (Å²) in [6.07, 6.45) is 5.14. The molecule has 27 heavy (non-hydrogen) atoms. The van der Waals surface area contributed by atoms with Gasteiger partial charge in [-0.05, 0) is 65.4 Å². The van der Waals surface area contributed by atoms with Gasteiger partial charge in [0.15, 0.2) is 0 Å². The number of nitro groups is 1. The second kappa shape index (κ2) is 5.35. The van der Waals surface area contributed by atoms with Crippen LogP contribution >= 0.6 is 15.9 Å². The van der Waals surface area contributed by atoms with Crippen molar-refractivity contribution in [3.63, 3.8) is 0 Å². The van der Waals surface area contributed by atoms with Crippen molar-refractivity contribution in [1.29, 1.82) is 0 Å². The molecule has 138 valence electrons. The predicted molar refractivity (Wildman–Crippen MR) is 108 cm³/mol. The Balaban J connectivity index is 1.77. The molecule has 2 aromatic carbocycles. The second-order valence-corrected chi connectivity index (χ2v) is 8.63. The molecule has 2 heterocycles. The fraction of sp³-hybridized carbons (Fsp3) is 0.333. The van der Waals surface area contributed by atoms with Crippen molar-refractivity contribution >= 4 is 33.4 Å². The first kappa shape index (κ1) is 16.8. The summed E-state index contributed by atoms with van der Waals surface area (Å²) in [5, 5.41) is 11.3. The van der Waals surface area contributed by atoms with E-state index in [0.29, 0.717) is 10.2 Å². The average molecular weight is 427 g/mol. The maximum atomic E-state index is 11.3. The average Bonchev–Trinajstić information content (AvgIpc) is 2.85. The summed E-state index contributed by atoms with van der Waals surface area (Å²) in [4.78, 5) is 13.2. The molecule has 1 spiro atoms. The van der Waals surface area contributed by atoms with Crippen LogP contribution in [0.4, 0.5) is 11.4 Å². The van der Waals surface area contributed by atoms with Crippen LogP contribution in [0.25, 0.3) is 6.08 Å². The largest absolute Gasteiger partial charge is 0.461 e. The summed E-state index contributed by atoms with van der Waals surface area (Å²) >= 11 is 3.51. The van der Waals surface area contributed by atoms with Gasteiger partial charge in [-0.3, -0.25) is 10.1 Å². The van der Waals surface area contributed by atoms with Crippen molar-refractivity contribution in [2.24, 2.45) is 0 Å². The van der Waals surface area contributed by atoms with Gasteiger partial charge in [0, 0.05) is 30.4 Å². The van der Waals surface area contributed by atoms with Crippen molar-refractivity contribution < 1.29 is 9.66 Å². The lowest BCUT2D eigenvalue weighted by Crippen LogP contribution is -2.63. The molecule has 1 saturated carbocycles. The van der Waals surface area contributed by atoms with Crippen molar-refractivity contribution in [2.75, 3.05) is 11.9 Å². The Bertz CT molecular complexity index is 1030. The SMILES string of the molecule is CN1c2ccccc2[C@]2(C)CCCC3=Cc4cc([N+](=O)[O-])cc(Br)c4O[C@@]312. The maximum Gasteiger partial charge on any atom is 0.271 e. The number of likely N-dealkylation sites (N-methyl/N-ethyl adjacent to an activating group) is 1. The highest BCUT2D eigenvalue weighted by atomic mass is 79.9. The lowest BCUT2D eigenvalue weighted by atomic mass is 9.64. The first-order chi connectivity index (χ1) is 12.9. The highest BCUT2D eigenvalue weighted by Gasteiger charge is 2.64. The number of anilines is 1. The summed E-state index contributed by atoms with van der Waals surface area (Å²) in [5.41, 5.74) is 3.75. The minimum atomic E-state index is -0.597. The summed E-state index contributed by atoms with van der Waals surface area (Å²) in [6, 6.07) is 11.6. The Morgan fingerprint density at radius 3 is 2.85 bits per heavy atom. The molecule has 5 rings (SSSR count). The zero-order valence-corrected chi connectivity index (χ0v) is 16.7. The van der Waals surface area contributed by atoms with Gasteiger partial charge in [0.2, 0.25) is 5.72 Å². The smallest absolute Gasteiger partial charge is 0.271 e. The molecule has 2 atom stereocenters. The molecule has 6 heteroatoms. The Morgan fingerprint density at radius 1 is 1.30 bits per heavy atom. The molecule has 0 amide bonds. The first-order valence-electron chi connectivity index (χ1n) is 9.10. The van der Waals surface area contributed by atoms with Gasteiger partial charge in [0.05, 0.1) is 14.8 Å². The second-order valence-electron chi connectivity index (χ2n) is 7.78. The number of para-hydroxylation sites is 1. The Kier molecular flexibility index (Phi) is 3.33. The number of benzene rings is 2. The van der Waals surface area contributed by atoms with Gasteiger partial charge in [-0.25, -0.2) is 0 Å². The van der Waals surface area contributed by atoms with E-state index in [1.54, 1.807) is 6.07 Å². The molecular formula is C21H19BrN2O3. The lowest BCUT2D eigenvalue weighted by molar-refractivity contribution is -0.385. The van der Waals surface area contributed by atoms with Gasteiger partial charge in [-0.15, -0.1) is 0 Å². The van der Waals surface area contributed by atoms with Crippen molar-refractivity contribution in [2.45, 2.75) is 37.3 Å². The summed E-state index contributed by atoms with van der Waals surface area (Å²) < 4.78 is 7.42. The molecule has 0 unspecified atom stereocenters. The Hall–Kier alpha value is -2.34. The highest BCUT2D eigenvalue weighted by molar-refractivity contribution is 9.10. The number of hydrogen-bond donors (Lipinski definition) is 0. The van der Waals surface area contributed by atoms with E-state index in [0.717, 1.165) is 24.8 Å². The maximum absolute atomic E-state index is 11.3. The molecule has 0 bridgehead atoms. The molecule has 3 aliphatic rings. The third kappa shape index (κ3) is 1.94. The number of nitrogens with zero attached hydrogens (tertiary/aromatic N) is 2. The van der Waals surface area contributed by atoms with E-state index in [1.165, 1.54) is 22.9 Å². The van der Waals surface area contributed by atoms with E-state index in [-0.39, 0.29) is 16.0 Å². The summed E-state index contributed by atoms with van der Waals surface area (Å²) in [6.45, 7) is 2.28. The normalized spacial score (nSPS) is 27.7. The summed E-state index contributed by atoms with van der Waals surface area (Å²) in [5.74, 6) is 0.678.